The number of aryl methyl sites for hydroxylation is 1. The molecule has 6 heteroatoms. The first kappa shape index (κ1) is 17.8. The highest BCUT2D eigenvalue weighted by atomic mass is 32.1. The minimum absolute atomic E-state index is 0.279. The van der Waals surface area contributed by atoms with Gasteiger partial charge >= 0.3 is 5.97 Å². The van der Waals surface area contributed by atoms with E-state index in [1.807, 2.05) is 11.4 Å². The van der Waals surface area contributed by atoms with Crippen LogP contribution in [0.2, 0.25) is 0 Å². The maximum absolute atomic E-state index is 13.1. The van der Waals surface area contributed by atoms with Crippen LogP contribution in [0.15, 0.2) is 60.1 Å². The Bertz CT molecular complexity index is 940. The summed E-state index contributed by atoms with van der Waals surface area (Å²) in [4.78, 5) is 25.4. The Kier molecular flexibility index (Phi) is 5.43. The third-order valence-electron chi connectivity index (χ3n) is 3.75. The number of thiophene rings is 1. The lowest BCUT2D eigenvalue weighted by Gasteiger charge is -2.08. The number of carbonyl (C=O) groups is 2. The molecule has 4 nitrogen and oxygen atoms in total. The van der Waals surface area contributed by atoms with E-state index in [2.05, 4.69) is 0 Å². The normalized spacial score (nSPS) is 11.4. The molecule has 0 amide bonds. The van der Waals surface area contributed by atoms with Crippen LogP contribution in [-0.4, -0.2) is 22.9 Å². The van der Waals surface area contributed by atoms with Crippen LogP contribution < -0.4 is 0 Å². The van der Waals surface area contributed by atoms with E-state index >= 15 is 0 Å². The number of ether oxygens (including phenoxy) is 1. The molecule has 2 heterocycles. The molecule has 0 unspecified atom stereocenters. The zero-order valence-electron chi connectivity index (χ0n) is 14.0. The highest BCUT2D eigenvalue weighted by Gasteiger charge is 2.18. The van der Waals surface area contributed by atoms with Crippen molar-refractivity contribution in [1.82, 2.24) is 4.57 Å². The lowest BCUT2D eigenvalue weighted by molar-refractivity contribution is -0.135. The summed E-state index contributed by atoms with van der Waals surface area (Å²) >= 11 is 1.38. The van der Waals surface area contributed by atoms with Crippen molar-refractivity contribution in [3.63, 3.8) is 0 Å². The van der Waals surface area contributed by atoms with Gasteiger partial charge in [-0.2, -0.15) is 0 Å². The molecular formula is C20H16FNO3S. The summed E-state index contributed by atoms with van der Waals surface area (Å²) < 4.78 is 20.0. The van der Waals surface area contributed by atoms with Crippen LogP contribution in [-0.2, 0) is 16.6 Å². The quantitative estimate of drug-likeness (QED) is 0.372. The lowest BCUT2D eigenvalue weighted by Crippen LogP contribution is -2.17. The van der Waals surface area contributed by atoms with Crippen molar-refractivity contribution in [2.45, 2.75) is 0 Å². The number of esters is 1. The number of nitrogens with zero attached hydrogens (tertiary/aromatic N) is 1. The molecule has 3 rings (SSSR count). The maximum atomic E-state index is 13.1. The highest BCUT2D eigenvalue weighted by Crippen LogP contribution is 2.24. The number of benzene rings is 1. The molecule has 0 N–H and O–H groups in total. The number of rotatable bonds is 6. The van der Waals surface area contributed by atoms with Gasteiger partial charge in [0.15, 0.2) is 6.61 Å². The fourth-order valence-corrected chi connectivity index (χ4v) is 3.15. The number of halogens is 1. The third kappa shape index (κ3) is 4.15. The van der Waals surface area contributed by atoms with Gasteiger partial charge < -0.3 is 9.30 Å². The Morgan fingerprint density at radius 3 is 2.54 bits per heavy atom. The van der Waals surface area contributed by atoms with E-state index in [-0.39, 0.29) is 18.2 Å². The van der Waals surface area contributed by atoms with Crippen LogP contribution in [0.3, 0.4) is 0 Å². The Morgan fingerprint density at radius 2 is 1.92 bits per heavy atom. The molecule has 1 aromatic carbocycles. The standard InChI is InChI=1S/C20H16FNO3S/c1-22-10-2-4-17(22)18(23)13-25-20(24)16(19-5-3-11-26-19)12-14-6-8-15(21)9-7-14/h2-12H,13H2,1H3/b16-12-. The number of carbonyl (C=O) groups excluding carboxylic acids is 2. The predicted octanol–water partition coefficient (Wildman–Crippen LogP) is 4.19. The van der Waals surface area contributed by atoms with E-state index in [0.29, 0.717) is 21.7 Å². The summed E-state index contributed by atoms with van der Waals surface area (Å²) in [5.41, 5.74) is 1.46. The van der Waals surface area contributed by atoms with E-state index in [4.69, 9.17) is 4.74 Å². The van der Waals surface area contributed by atoms with Crippen molar-refractivity contribution >= 4 is 34.7 Å². The Labute approximate surface area is 154 Å². The van der Waals surface area contributed by atoms with Gasteiger partial charge in [0, 0.05) is 18.1 Å². The van der Waals surface area contributed by atoms with Crippen LogP contribution >= 0.6 is 11.3 Å². The summed E-state index contributed by atoms with van der Waals surface area (Å²) in [7, 11) is 1.75. The van der Waals surface area contributed by atoms with Crippen molar-refractivity contribution in [1.29, 1.82) is 0 Å². The second kappa shape index (κ2) is 7.93. The molecule has 0 aliphatic heterocycles. The van der Waals surface area contributed by atoms with Gasteiger partial charge in [0.2, 0.25) is 5.78 Å². The van der Waals surface area contributed by atoms with Gasteiger partial charge in [-0.15, -0.1) is 11.3 Å². The van der Waals surface area contributed by atoms with Crippen LogP contribution in [0.4, 0.5) is 4.39 Å². The minimum Gasteiger partial charge on any atom is -0.454 e. The number of Topliss-reactive ketones (excluding diaryl/α,β-unsaturated/α-hetero) is 1. The molecule has 132 valence electrons. The maximum Gasteiger partial charge on any atom is 0.340 e. The average Bonchev–Trinajstić information content (AvgIpc) is 3.30. The van der Waals surface area contributed by atoms with E-state index in [1.54, 1.807) is 54.2 Å². The van der Waals surface area contributed by atoms with Gasteiger partial charge in [-0.05, 0) is 47.4 Å². The lowest BCUT2D eigenvalue weighted by atomic mass is 10.1. The monoisotopic (exact) mass is 369 g/mol. The molecule has 0 fully saturated rings. The van der Waals surface area contributed by atoms with Gasteiger partial charge in [-0.3, -0.25) is 4.79 Å². The molecule has 2 aromatic heterocycles. The molecule has 3 aromatic rings. The van der Waals surface area contributed by atoms with Crippen LogP contribution in [0.5, 0.6) is 0 Å². The molecule has 0 bridgehead atoms. The second-order valence-electron chi connectivity index (χ2n) is 5.59. The van der Waals surface area contributed by atoms with Crippen LogP contribution in [0, 0.1) is 5.82 Å². The molecule has 0 saturated heterocycles. The van der Waals surface area contributed by atoms with Gasteiger partial charge in [0.25, 0.3) is 0 Å². The van der Waals surface area contributed by atoms with Crippen LogP contribution in [0.25, 0.3) is 11.6 Å². The van der Waals surface area contributed by atoms with E-state index in [1.165, 1.54) is 23.5 Å². The SMILES string of the molecule is Cn1cccc1C(=O)COC(=O)/C(=C\c1ccc(F)cc1)c1cccs1. The molecule has 0 saturated carbocycles. The molecule has 0 spiro atoms. The summed E-state index contributed by atoms with van der Waals surface area (Å²) in [5, 5.41) is 1.84. The predicted molar refractivity (Wildman–Crippen MR) is 99.3 cm³/mol. The first-order valence-electron chi connectivity index (χ1n) is 7.87. The zero-order valence-corrected chi connectivity index (χ0v) is 14.8. The Balaban J connectivity index is 1.79. The average molecular weight is 369 g/mol. The topological polar surface area (TPSA) is 48.3 Å². The Hall–Kier alpha value is -2.99. The van der Waals surface area contributed by atoms with Gasteiger partial charge in [0.05, 0.1) is 11.3 Å². The number of hydrogen-bond acceptors (Lipinski definition) is 4. The number of aromatic nitrogens is 1. The van der Waals surface area contributed by atoms with E-state index in [9.17, 15) is 14.0 Å². The number of ketones is 1. The highest BCUT2D eigenvalue weighted by molar-refractivity contribution is 7.11. The van der Waals surface area contributed by atoms with Gasteiger partial charge in [0.1, 0.15) is 5.82 Å². The summed E-state index contributed by atoms with van der Waals surface area (Å²) in [6.45, 7) is -0.344. The third-order valence-corrected chi connectivity index (χ3v) is 4.65. The second-order valence-corrected chi connectivity index (χ2v) is 6.54. The van der Waals surface area contributed by atoms with Crippen molar-refractivity contribution in [3.05, 3.63) is 82.1 Å². The van der Waals surface area contributed by atoms with Gasteiger partial charge in [-0.25, -0.2) is 9.18 Å². The summed E-state index contributed by atoms with van der Waals surface area (Å²) in [6.07, 6.45) is 3.38. The smallest absolute Gasteiger partial charge is 0.340 e. The molecule has 26 heavy (non-hydrogen) atoms. The molecular weight excluding hydrogens is 353 g/mol. The molecule has 0 radical (unpaired) electrons. The Morgan fingerprint density at radius 1 is 1.15 bits per heavy atom. The first-order chi connectivity index (χ1) is 12.5. The van der Waals surface area contributed by atoms with Crippen molar-refractivity contribution in [2.75, 3.05) is 6.61 Å². The fraction of sp³-hybridized carbons (Fsp3) is 0.100. The summed E-state index contributed by atoms with van der Waals surface area (Å²) in [6, 6.07) is 12.8. The van der Waals surface area contributed by atoms with Crippen molar-refractivity contribution < 1.29 is 18.7 Å². The van der Waals surface area contributed by atoms with Crippen molar-refractivity contribution in [2.24, 2.45) is 7.05 Å². The molecule has 0 atom stereocenters. The van der Waals surface area contributed by atoms with E-state index < -0.39 is 5.97 Å². The van der Waals surface area contributed by atoms with Gasteiger partial charge in [-0.1, -0.05) is 18.2 Å². The fourth-order valence-electron chi connectivity index (χ4n) is 2.42. The first-order valence-corrected chi connectivity index (χ1v) is 8.75. The molecule has 0 aliphatic rings. The number of hydrogen-bond donors (Lipinski definition) is 0. The molecule has 0 aliphatic carbocycles. The van der Waals surface area contributed by atoms with Crippen LogP contribution in [0.1, 0.15) is 20.9 Å². The summed E-state index contributed by atoms with van der Waals surface area (Å²) in [5.74, 6) is -1.23. The minimum atomic E-state index is -0.598. The zero-order chi connectivity index (χ0) is 18.5. The van der Waals surface area contributed by atoms with E-state index in [0.717, 1.165) is 0 Å². The largest absolute Gasteiger partial charge is 0.454 e. The van der Waals surface area contributed by atoms with Crippen molar-refractivity contribution in [3.8, 4) is 0 Å².